The molecule has 1 heterocycles. The molecule has 1 aromatic heterocycles. The predicted octanol–water partition coefficient (Wildman–Crippen LogP) is 0.873. The molecule has 0 saturated carbocycles. The number of hydrogen-bond donors (Lipinski definition) is 1. The Balaban J connectivity index is 3.17. The Kier molecular flexibility index (Phi) is 1.66. The number of imidazole rings is 1. The summed E-state index contributed by atoms with van der Waals surface area (Å²) in [5.74, 6) is 0.606. The highest BCUT2D eigenvalue weighted by molar-refractivity contribution is 5.27. The summed E-state index contributed by atoms with van der Waals surface area (Å²) >= 11 is 0. The third-order valence-electron chi connectivity index (χ3n) is 1.85. The topological polar surface area (TPSA) is 43.8 Å². The lowest BCUT2D eigenvalue weighted by Crippen LogP contribution is -1.97. The Hall–Kier alpha value is -0.990. The first-order valence-corrected chi connectivity index (χ1v) is 3.44. The maximum absolute atomic E-state index is 5.57. The van der Waals surface area contributed by atoms with Crippen LogP contribution in [-0.4, -0.2) is 9.55 Å². The number of aromatic nitrogens is 2. The second-order valence-electron chi connectivity index (χ2n) is 2.41. The first-order valence-electron chi connectivity index (χ1n) is 3.44. The van der Waals surface area contributed by atoms with Gasteiger partial charge in [0.05, 0.1) is 5.69 Å². The number of nitrogens with zero attached hydrogens (tertiary/aromatic N) is 2. The summed E-state index contributed by atoms with van der Waals surface area (Å²) in [6.45, 7) is 4.11. The molecule has 0 atom stereocenters. The van der Waals surface area contributed by atoms with Crippen LogP contribution in [0.3, 0.4) is 0 Å². The zero-order valence-electron chi connectivity index (χ0n) is 6.68. The van der Waals surface area contributed by atoms with E-state index in [-0.39, 0.29) is 0 Å². The van der Waals surface area contributed by atoms with E-state index in [0.29, 0.717) is 5.95 Å². The number of nitrogen functional groups attached to an aromatic ring is 1. The van der Waals surface area contributed by atoms with Crippen molar-refractivity contribution in [2.45, 2.75) is 20.3 Å². The Morgan fingerprint density at radius 1 is 1.60 bits per heavy atom. The van der Waals surface area contributed by atoms with Crippen LogP contribution < -0.4 is 5.73 Å². The molecule has 56 valence electrons. The summed E-state index contributed by atoms with van der Waals surface area (Å²) in [7, 11) is 1.93. The van der Waals surface area contributed by atoms with Crippen LogP contribution in [0.1, 0.15) is 18.3 Å². The highest BCUT2D eigenvalue weighted by Crippen LogP contribution is 2.10. The van der Waals surface area contributed by atoms with Gasteiger partial charge in [0.1, 0.15) is 0 Å². The molecule has 0 bridgehead atoms. The van der Waals surface area contributed by atoms with Crippen LogP contribution in [0.2, 0.25) is 0 Å². The van der Waals surface area contributed by atoms with E-state index in [1.807, 2.05) is 18.5 Å². The van der Waals surface area contributed by atoms with Gasteiger partial charge in [-0.3, -0.25) is 0 Å². The lowest BCUT2D eigenvalue weighted by Gasteiger charge is -1.95. The molecule has 0 aliphatic rings. The van der Waals surface area contributed by atoms with Crippen molar-refractivity contribution < 1.29 is 0 Å². The van der Waals surface area contributed by atoms with E-state index in [4.69, 9.17) is 5.73 Å². The van der Waals surface area contributed by atoms with Crippen molar-refractivity contribution in [1.29, 1.82) is 0 Å². The van der Waals surface area contributed by atoms with E-state index in [9.17, 15) is 0 Å². The second kappa shape index (κ2) is 2.33. The molecule has 3 nitrogen and oxygen atoms in total. The number of rotatable bonds is 1. The number of hydrogen-bond acceptors (Lipinski definition) is 2. The Labute approximate surface area is 60.9 Å². The molecule has 0 amide bonds. The van der Waals surface area contributed by atoms with Crippen molar-refractivity contribution in [3.05, 3.63) is 11.4 Å². The fourth-order valence-electron chi connectivity index (χ4n) is 0.994. The molecule has 0 unspecified atom stereocenters. The minimum atomic E-state index is 0.606. The highest BCUT2D eigenvalue weighted by atomic mass is 15.1. The van der Waals surface area contributed by atoms with E-state index < -0.39 is 0 Å². The fourth-order valence-corrected chi connectivity index (χ4v) is 0.994. The summed E-state index contributed by atoms with van der Waals surface area (Å²) in [5, 5.41) is 0. The third-order valence-corrected chi connectivity index (χ3v) is 1.85. The van der Waals surface area contributed by atoms with Gasteiger partial charge in [0.25, 0.3) is 0 Å². The molecule has 3 heteroatoms. The smallest absolute Gasteiger partial charge is 0.200 e. The van der Waals surface area contributed by atoms with Gasteiger partial charge in [0, 0.05) is 12.7 Å². The molecule has 0 aliphatic carbocycles. The van der Waals surface area contributed by atoms with Crippen LogP contribution in [0.25, 0.3) is 0 Å². The Morgan fingerprint density at radius 2 is 2.20 bits per heavy atom. The summed E-state index contributed by atoms with van der Waals surface area (Å²) in [6.07, 6.45) is 0.955. The summed E-state index contributed by atoms with van der Waals surface area (Å²) in [4.78, 5) is 4.17. The minimum Gasteiger partial charge on any atom is -0.369 e. The van der Waals surface area contributed by atoms with Gasteiger partial charge in [-0.05, 0) is 13.3 Å². The maximum Gasteiger partial charge on any atom is 0.200 e. The van der Waals surface area contributed by atoms with Crippen LogP contribution >= 0.6 is 0 Å². The van der Waals surface area contributed by atoms with Crippen LogP contribution in [0.15, 0.2) is 0 Å². The second-order valence-corrected chi connectivity index (χ2v) is 2.41. The molecule has 0 aromatic carbocycles. The first kappa shape index (κ1) is 7.12. The van der Waals surface area contributed by atoms with Gasteiger partial charge in [-0.15, -0.1) is 0 Å². The van der Waals surface area contributed by atoms with Crippen molar-refractivity contribution in [3.63, 3.8) is 0 Å². The van der Waals surface area contributed by atoms with Gasteiger partial charge in [0.15, 0.2) is 5.95 Å². The highest BCUT2D eigenvalue weighted by Gasteiger charge is 2.04. The number of aryl methyl sites for hydroxylation is 1. The van der Waals surface area contributed by atoms with Crippen molar-refractivity contribution in [1.82, 2.24) is 9.55 Å². The van der Waals surface area contributed by atoms with Crippen molar-refractivity contribution in [3.8, 4) is 0 Å². The van der Waals surface area contributed by atoms with Gasteiger partial charge in [0.2, 0.25) is 0 Å². The van der Waals surface area contributed by atoms with Crippen LogP contribution in [0, 0.1) is 6.92 Å². The van der Waals surface area contributed by atoms with Gasteiger partial charge >= 0.3 is 0 Å². The van der Waals surface area contributed by atoms with Gasteiger partial charge in [-0.1, -0.05) is 6.92 Å². The van der Waals surface area contributed by atoms with Gasteiger partial charge in [-0.25, -0.2) is 4.98 Å². The molecule has 2 N–H and O–H groups in total. The lowest BCUT2D eigenvalue weighted by molar-refractivity contribution is 0.879. The van der Waals surface area contributed by atoms with Crippen LogP contribution in [0.5, 0.6) is 0 Å². The standard InChI is InChI=1S/C7H13N3/c1-4-6-5(2)10(3)7(8)9-6/h4H2,1-3H3,(H2,8,9). The Morgan fingerprint density at radius 3 is 2.40 bits per heavy atom. The quantitative estimate of drug-likeness (QED) is 0.627. The van der Waals surface area contributed by atoms with E-state index in [0.717, 1.165) is 12.1 Å². The lowest BCUT2D eigenvalue weighted by atomic mass is 10.3. The monoisotopic (exact) mass is 139 g/mol. The summed E-state index contributed by atoms with van der Waals surface area (Å²) in [6, 6.07) is 0. The van der Waals surface area contributed by atoms with Crippen LogP contribution in [0.4, 0.5) is 5.95 Å². The zero-order chi connectivity index (χ0) is 7.72. The molecule has 1 rings (SSSR count). The molecule has 1 aromatic rings. The molecule has 0 aliphatic heterocycles. The first-order chi connectivity index (χ1) is 4.66. The van der Waals surface area contributed by atoms with Crippen molar-refractivity contribution in [2.24, 2.45) is 7.05 Å². The van der Waals surface area contributed by atoms with Crippen LogP contribution in [-0.2, 0) is 13.5 Å². The van der Waals surface area contributed by atoms with Crippen molar-refractivity contribution in [2.75, 3.05) is 5.73 Å². The van der Waals surface area contributed by atoms with Gasteiger partial charge < -0.3 is 10.3 Å². The molecule has 10 heavy (non-hydrogen) atoms. The van der Waals surface area contributed by atoms with Gasteiger partial charge in [-0.2, -0.15) is 0 Å². The largest absolute Gasteiger partial charge is 0.369 e. The molecule has 0 radical (unpaired) electrons. The van der Waals surface area contributed by atoms with E-state index >= 15 is 0 Å². The number of nitrogens with two attached hydrogens (primary N) is 1. The van der Waals surface area contributed by atoms with E-state index in [1.54, 1.807) is 0 Å². The van der Waals surface area contributed by atoms with Crippen molar-refractivity contribution >= 4 is 5.95 Å². The zero-order valence-corrected chi connectivity index (χ0v) is 6.68. The normalized spacial score (nSPS) is 10.3. The molecular formula is C7H13N3. The van der Waals surface area contributed by atoms with E-state index in [2.05, 4.69) is 11.9 Å². The molecule has 0 spiro atoms. The predicted molar refractivity (Wildman–Crippen MR) is 41.7 cm³/mol. The SMILES string of the molecule is CCc1nc(N)n(C)c1C. The average Bonchev–Trinajstić information content (AvgIpc) is 2.17. The molecule has 0 saturated heterocycles. The average molecular weight is 139 g/mol. The fraction of sp³-hybridized carbons (Fsp3) is 0.571. The molecular weight excluding hydrogens is 126 g/mol. The summed E-state index contributed by atoms with van der Waals surface area (Å²) in [5.41, 5.74) is 7.83. The summed E-state index contributed by atoms with van der Waals surface area (Å²) < 4.78 is 1.90. The molecule has 0 fully saturated rings. The number of anilines is 1. The Bertz CT molecular complexity index is 237. The maximum atomic E-state index is 5.57. The van der Waals surface area contributed by atoms with E-state index in [1.165, 1.54) is 5.69 Å². The third kappa shape index (κ3) is 0.875. The minimum absolute atomic E-state index is 0.606.